The summed E-state index contributed by atoms with van der Waals surface area (Å²) in [6.07, 6.45) is 4.03. The van der Waals surface area contributed by atoms with Gasteiger partial charge in [0.1, 0.15) is 5.75 Å². The van der Waals surface area contributed by atoms with E-state index in [1.54, 1.807) is 7.11 Å². The molecule has 0 spiro atoms. The number of rotatable bonds is 4. The van der Waals surface area contributed by atoms with E-state index < -0.39 is 0 Å². The molecule has 0 heterocycles. The summed E-state index contributed by atoms with van der Waals surface area (Å²) < 4.78 is 6.29. The summed E-state index contributed by atoms with van der Waals surface area (Å²) in [5.74, 6) is 1.69. The van der Waals surface area contributed by atoms with Gasteiger partial charge in [-0.2, -0.15) is 0 Å². The average Bonchev–Trinajstić information content (AvgIpc) is 2.75. The quantitative estimate of drug-likeness (QED) is 0.895. The molecule has 0 saturated heterocycles. The summed E-state index contributed by atoms with van der Waals surface area (Å²) in [6.45, 7) is 4.58. The van der Waals surface area contributed by atoms with E-state index in [-0.39, 0.29) is 0 Å². The van der Waals surface area contributed by atoms with Gasteiger partial charge in [0.05, 0.1) is 11.6 Å². The molecule has 1 N–H and O–H groups in total. The van der Waals surface area contributed by atoms with Gasteiger partial charge in [-0.1, -0.05) is 19.4 Å². The van der Waals surface area contributed by atoms with E-state index in [0.717, 1.165) is 16.1 Å². The molecule has 0 amide bonds. The van der Waals surface area contributed by atoms with Crippen molar-refractivity contribution in [1.29, 1.82) is 0 Å². The molecular formula is C15H22BrNO. The zero-order valence-electron chi connectivity index (χ0n) is 11.4. The molecule has 0 bridgehead atoms. The van der Waals surface area contributed by atoms with Gasteiger partial charge in [0, 0.05) is 12.1 Å². The number of methoxy groups -OCH3 is 1. The second-order valence-electron chi connectivity index (χ2n) is 5.30. The molecule has 1 saturated carbocycles. The predicted molar refractivity (Wildman–Crippen MR) is 79.0 cm³/mol. The molecule has 1 aliphatic rings. The number of hydrogen-bond acceptors (Lipinski definition) is 2. The smallest absolute Gasteiger partial charge is 0.133 e. The van der Waals surface area contributed by atoms with E-state index in [2.05, 4.69) is 47.2 Å². The molecule has 0 aromatic heterocycles. The summed E-state index contributed by atoms with van der Waals surface area (Å²) in [7, 11) is 1.70. The standard InChI is InChI=1S/C15H22BrNO/c1-10-5-4-6-14(10)17-11(2)12-7-8-15(18-3)13(16)9-12/h7-11,14,17H,4-6H2,1-3H3. The van der Waals surface area contributed by atoms with E-state index in [4.69, 9.17) is 4.74 Å². The third-order valence-corrected chi connectivity index (χ3v) is 4.62. The Kier molecular flexibility index (Phi) is 4.68. The van der Waals surface area contributed by atoms with Crippen molar-refractivity contribution in [3.8, 4) is 5.75 Å². The zero-order chi connectivity index (χ0) is 13.1. The maximum Gasteiger partial charge on any atom is 0.133 e. The second kappa shape index (κ2) is 6.07. The molecule has 3 unspecified atom stereocenters. The number of halogens is 1. The van der Waals surface area contributed by atoms with E-state index in [9.17, 15) is 0 Å². The van der Waals surface area contributed by atoms with Crippen LogP contribution in [0.5, 0.6) is 5.75 Å². The number of nitrogens with one attached hydrogen (secondary N) is 1. The van der Waals surface area contributed by atoms with E-state index in [1.165, 1.54) is 24.8 Å². The predicted octanol–water partition coefficient (Wildman–Crippen LogP) is 4.30. The highest BCUT2D eigenvalue weighted by molar-refractivity contribution is 9.10. The van der Waals surface area contributed by atoms with Crippen LogP contribution in [0.25, 0.3) is 0 Å². The molecular weight excluding hydrogens is 290 g/mol. The van der Waals surface area contributed by atoms with Gasteiger partial charge in [0.15, 0.2) is 0 Å². The lowest BCUT2D eigenvalue weighted by Gasteiger charge is -2.23. The molecule has 18 heavy (non-hydrogen) atoms. The molecule has 3 heteroatoms. The summed E-state index contributed by atoms with van der Waals surface area (Å²) in [6, 6.07) is 7.37. The van der Waals surface area contributed by atoms with Gasteiger partial charge in [-0.3, -0.25) is 0 Å². The van der Waals surface area contributed by atoms with Gasteiger partial charge in [0.2, 0.25) is 0 Å². The van der Waals surface area contributed by atoms with Crippen molar-refractivity contribution < 1.29 is 4.74 Å². The SMILES string of the molecule is COc1ccc(C(C)NC2CCCC2C)cc1Br. The van der Waals surface area contributed by atoms with Crippen LogP contribution in [0.15, 0.2) is 22.7 Å². The van der Waals surface area contributed by atoms with Crippen molar-refractivity contribution in [1.82, 2.24) is 5.32 Å². The van der Waals surface area contributed by atoms with Crippen molar-refractivity contribution in [3.63, 3.8) is 0 Å². The summed E-state index contributed by atoms with van der Waals surface area (Å²) >= 11 is 3.55. The van der Waals surface area contributed by atoms with Gasteiger partial charge < -0.3 is 10.1 Å². The lowest BCUT2D eigenvalue weighted by Crippen LogP contribution is -2.33. The third kappa shape index (κ3) is 3.07. The molecule has 1 fully saturated rings. The Hall–Kier alpha value is -0.540. The van der Waals surface area contributed by atoms with Crippen LogP contribution in [-0.4, -0.2) is 13.2 Å². The molecule has 2 nitrogen and oxygen atoms in total. The molecule has 1 aromatic rings. The molecule has 100 valence electrons. The highest BCUT2D eigenvalue weighted by Gasteiger charge is 2.24. The zero-order valence-corrected chi connectivity index (χ0v) is 13.0. The molecule has 2 rings (SSSR count). The fraction of sp³-hybridized carbons (Fsp3) is 0.600. The van der Waals surface area contributed by atoms with Crippen molar-refractivity contribution in [2.24, 2.45) is 5.92 Å². The van der Waals surface area contributed by atoms with E-state index >= 15 is 0 Å². The Morgan fingerprint density at radius 2 is 2.17 bits per heavy atom. The van der Waals surface area contributed by atoms with Crippen molar-refractivity contribution >= 4 is 15.9 Å². The molecule has 1 aliphatic carbocycles. The molecule has 1 aromatic carbocycles. The first-order valence-electron chi connectivity index (χ1n) is 6.71. The first-order valence-corrected chi connectivity index (χ1v) is 7.50. The minimum Gasteiger partial charge on any atom is -0.496 e. The fourth-order valence-electron chi connectivity index (χ4n) is 2.76. The third-order valence-electron chi connectivity index (χ3n) is 4.00. The van der Waals surface area contributed by atoms with Gasteiger partial charge in [0.25, 0.3) is 0 Å². The fourth-order valence-corrected chi connectivity index (χ4v) is 3.32. The first-order chi connectivity index (χ1) is 8.61. The molecule has 0 radical (unpaired) electrons. The first kappa shape index (κ1) is 13.9. The van der Waals surface area contributed by atoms with Crippen LogP contribution in [0.3, 0.4) is 0 Å². The van der Waals surface area contributed by atoms with Crippen LogP contribution in [0.1, 0.15) is 44.7 Å². The maximum atomic E-state index is 5.26. The number of hydrogen-bond donors (Lipinski definition) is 1. The average molecular weight is 312 g/mol. The Labute approximate surface area is 118 Å². The summed E-state index contributed by atoms with van der Waals surface area (Å²) in [5.41, 5.74) is 1.31. The topological polar surface area (TPSA) is 21.3 Å². The minimum atomic E-state index is 0.387. The number of benzene rings is 1. The van der Waals surface area contributed by atoms with E-state index in [1.807, 2.05) is 6.07 Å². The normalized spacial score (nSPS) is 25.1. The maximum absolute atomic E-state index is 5.26. The van der Waals surface area contributed by atoms with Gasteiger partial charge >= 0.3 is 0 Å². The monoisotopic (exact) mass is 311 g/mol. The minimum absolute atomic E-state index is 0.387. The Morgan fingerprint density at radius 3 is 2.72 bits per heavy atom. The summed E-state index contributed by atoms with van der Waals surface area (Å²) in [4.78, 5) is 0. The van der Waals surface area contributed by atoms with Crippen LogP contribution in [0.4, 0.5) is 0 Å². The Morgan fingerprint density at radius 1 is 1.39 bits per heavy atom. The molecule has 3 atom stereocenters. The van der Waals surface area contributed by atoms with Crippen LogP contribution < -0.4 is 10.1 Å². The van der Waals surface area contributed by atoms with Gasteiger partial charge in [-0.25, -0.2) is 0 Å². The van der Waals surface area contributed by atoms with Crippen molar-refractivity contribution in [3.05, 3.63) is 28.2 Å². The molecule has 0 aliphatic heterocycles. The van der Waals surface area contributed by atoms with Crippen LogP contribution in [0.2, 0.25) is 0 Å². The summed E-state index contributed by atoms with van der Waals surface area (Å²) in [5, 5.41) is 3.75. The lowest BCUT2D eigenvalue weighted by molar-refractivity contribution is 0.387. The largest absolute Gasteiger partial charge is 0.496 e. The van der Waals surface area contributed by atoms with Crippen LogP contribution in [0, 0.1) is 5.92 Å². The van der Waals surface area contributed by atoms with Crippen molar-refractivity contribution in [2.75, 3.05) is 7.11 Å². The van der Waals surface area contributed by atoms with Crippen LogP contribution >= 0.6 is 15.9 Å². The number of ether oxygens (including phenoxy) is 1. The van der Waals surface area contributed by atoms with Crippen LogP contribution in [-0.2, 0) is 0 Å². The highest BCUT2D eigenvalue weighted by Crippen LogP contribution is 2.30. The van der Waals surface area contributed by atoms with E-state index in [0.29, 0.717) is 12.1 Å². The van der Waals surface area contributed by atoms with Gasteiger partial charge in [-0.15, -0.1) is 0 Å². The van der Waals surface area contributed by atoms with Crippen molar-refractivity contribution in [2.45, 2.75) is 45.2 Å². The second-order valence-corrected chi connectivity index (χ2v) is 6.15. The lowest BCUT2D eigenvalue weighted by atomic mass is 10.0. The van der Waals surface area contributed by atoms with Gasteiger partial charge in [-0.05, 0) is 59.3 Å². The Bertz CT molecular complexity index is 407. The highest BCUT2D eigenvalue weighted by atomic mass is 79.9. The Balaban J connectivity index is 2.04.